The molecule has 30 heavy (non-hydrogen) atoms. The van der Waals surface area contributed by atoms with Crippen molar-refractivity contribution in [2.75, 3.05) is 24.3 Å². The fraction of sp³-hybridized carbons (Fsp3) is 0.238. The van der Waals surface area contributed by atoms with Gasteiger partial charge in [0.05, 0.1) is 12.7 Å². The predicted octanol–water partition coefficient (Wildman–Crippen LogP) is 3.12. The average molecular weight is 405 g/mol. The topological polar surface area (TPSA) is 109 Å². The van der Waals surface area contributed by atoms with Crippen LogP contribution < -0.4 is 15.4 Å². The van der Waals surface area contributed by atoms with Gasteiger partial charge in [-0.25, -0.2) is 19.5 Å². The normalized spacial score (nSPS) is 11.5. The predicted molar refractivity (Wildman–Crippen MR) is 115 cm³/mol. The van der Waals surface area contributed by atoms with Gasteiger partial charge in [-0.3, -0.25) is 0 Å². The van der Waals surface area contributed by atoms with Crippen LogP contribution >= 0.6 is 0 Å². The van der Waals surface area contributed by atoms with E-state index in [9.17, 15) is 5.11 Å². The van der Waals surface area contributed by atoms with Crippen molar-refractivity contribution < 1.29 is 9.84 Å². The van der Waals surface area contributed by atoms with Gasteiger partial charge in [0.25, 0.3) is 0 Å². The number of nitrogens with one attached hydrogen (secondary N) is 2. The van der Waals surface area contributed by atoms with E-state index in [0.717, 1.165) is 11.2 Å². The summed E-state index contributed by atoms with van der Waals surface area (Å²) in [5.74, 6) is 2.25. The van der Waals surface area contributed by atoms with Gasteiger partial charge in [-0.1, -0.05) is 6.07 Å². The Morgan fingerprint density at radius 3 is 2.80 bits per heavy atom. The highest BCUT2D eigenvalue weighted by Gasteiger charge is 2.14. The van der Waals surface area contributed by atoms with Crippen LogP contribution in [0.15, 0.2) is 54.9 Å². The Hall–Kier alpha value is -3.72. The highest BCUT2D eigenvalue weighted by atomic mass is 16.5. The molecule has 0 atom stereocenters. The summed E-state index contributed by atoms with van der Waals surface area (Å²) in [6.07, 6.45) is 3.55. The summed E-state index contributed by atoms with van der Waals surface area (Å²) in [4.78, 5) is 13.4. The Balaban J connectivity index is 1.67. The minimum Gasteiger partial charge on any atom is -0.481 e. The Morgan fingerprint density at radius 1 is 1.13 bits per heavy atom. The van der Waals surface area contributed by atoms with Crippen LogP contribution in [-0.4, -0.2) is 48.9 Å². The smallest absolute Gasteiger partial charge is 0.213 e. The largest absolute Gasteiger partial charge is 0.481 e. The van der Waals surface area contributed by atoms with Crippen LogP contribution in [0.5, 0.6) is 5.88 Å². The van der Waals surface area contributed by atoms with Gasteiger partial charge in [0.1, 0.15) is 17.0 Å². The SMILES string of the molecule is COc1cccc(-c2nc(Nc3ccnc(NCC(C)(C)O)c3)c3cccn3n2)n1. The molecule has 0 aromatic carbocycles. The number of ether oxygens (including phenoxy) is 1. The standard InChI is InChI=1S/C21H23N7O2/c1-21(2,29)13-23-17-12-14(9-10-22-17)24-20-16-7-5-11-28(16)27-19(26-20)15-6-4-8-18(25-15)30-3/h4-12,29H,13H2,1-3H3,(H2,22,23,24,26,27). The minimum atomic E-state index is -0.839. The fourth-order valence-electron chi connectivity index (χ4n) is 2.84. The van der Waals surface area contributed by atoms with E-state index in [1.54, 1.807) is 37.7 Å². The maximum atomic E-state index is 9.91. The van der Waals surface area contributed by atoms with E-state index in [0.29, 0.717) is 35.6 Å². The van der Waals surface area contributed by atoms with Crippen molar-refractivity contribution in [3.05, 3.63) is 54.9 Å². The van der Waals surface area contributed by atoms with Gasteiger partial charge in [0.2, 0.25) is 11.7 Å². The van der Waals surface area contributed by atoms with Gasteiger partial charge in [0.15, 0.2) is 5.82 Å². The van der Waals surface area contributed by atoms with Gasteiger partial charge in [-0.15, -0.1) is 5.10 Å². The van der Waals surface area contributed by atoms with Crippen molar-refractivity contribution in [2.24, 2.45) is 0 Å². The fourth-order valence-corrected chi connectivity index (χ4v) is 2.84. The molecule has 0 amide bonds. The molecule has 9 heteroatoms. The number of fused-ring (bicyclic) bond motifs is 1. The number of hydrogen-bond donors (Lipinski definition) is 3. The number of nitrogens with zero attached hydrogens (tertiary/aromatic N) is 5. The van der Waals surface area contributed by atoms with Gasteiger partial charge in [0, 0.05) is 36.8 Å². The molecule has 154 valence electrons. The number of pyridine rings is 2. The molecule has 0 bridgehead atoms. The number of anilines is 3. The lowest BCUT2D eigenvalue weighted by Gasteiger charge is -2.18. The highest BCUT2D eigenvalue weighted by molar-refractivity contribution is 5.75. The summed E-state index contributed by atoms with van der Waals surface area (Å²) >= 11 is 0. The van der Waals surface area contributed by atoms with Crippen molar-refractivity contribution >= 4 is 22.8 Å². The van der Waals surface area contributed by atoms with Crippen LogP contribution in [0.1, 0.15) is 13.8 Å². The minimum absolute atomic E-state index is 0.381. The summed E-state index contributed by atoms with van der Waals surface area (Å²) in [6.45, 7) is 3.85. The molecule has 0 aliphatic carbocycles. The van der Waals surface area contributed by atoms with Crippen molar-refractivity contribution in [1.82, 2.24) is 24.6 Å². The van der Waals surface area contributed by atoms with E-state index in [2.05, 4.69) is 30.7 Å². The van der Waals surface area contributed by atoms with Crippen molar-refractivity contribution in [1.29, 1.82) is 0 Å². The first-order chi connectivity index (χ1) is 14.4. The number of methoxy groups -OCH3 is 1. The molecule has 4 aromatic heterocycles. The molecule has 0 saturated carbocycles. The highest BCUT2D eigenvalue weighted by Crippen LogP contribution is 2.24. The average Bonchev–Trinajstić information content (AvgIpc) is 3.21. The summed E-state index contributed by atoms with van der Waals surface area (Å²) in [6, 6.07) is 13.0. The molecular weight excluding hydrogens is 382 g/mol. The van der Waals surface area contributed by atoms with Crippen LogP contribution in [-0.2, 0) is 0 Å². The maximum absolute atomic E-state index is 9.91. The first-order valence-corrected chi connectivity index (χ1v) is 9.47. The first kappa shape index (κ1) is 19.6. The molecule has 0 aliphatic heterocycles. The first-order valence-electron chi connectivity index (χ1n) is 9.47. The van der Waals surface area contributed by atoms with E-state index in [-0.39, 0.29) is 0 Å². The molecule has 0 saturated heterocycles. The molecule has 0 aliphatic rings. The lowest BCUT2D eigenvalue weighted by Crippen LogP contribution is -2.29. The lowest BCUT2D eigenvalue weighted by molar-refractivity contribution is 0.0944. The molecule has 0 radical (unpaired) electrons. The van der Waals surface area contributed by atoms with Crippen LogP contribution in [0.25, 0.3) is 17.0 Å². The summed E-state index contributed by atoms with van der Waals surface area (Å²) in [5, 5.41) is 20.9. The monoisotopic (exact) mass is 405 g/mol. The van der Waals surface area contributed by atoms with Crippen LogP contribution in [0, 0.1) is 0 Å². The summed E-state index contributed by atoms with van der Waals surface area (Å²) in [5.41, 5.74) is 1.39. The number of aromatic nitrogens is 5. The van der Waals surface area contributed by atoms with E-state index < -0.39 is 5.60 Å². The molecule has 4 heterocycles. The van der Waals surface area contributed by atoms with Gasteiger partial charge >= 0.3 is 0 Å². The molecule has 4 aromatic rings. The third kappa shape index (κ3) is 4.47. The van der Waals surface area contributed by atoms with Crippen LogP contribution in [0.2, 0.25) is 0 Å². The zero-order chi connectivity index (χ0) is 21.1. The molecule has 4 rings (SSSR count). The van der Waals surface area contributed by atoms with E-state index in [4.69, 9.17) is 4.74 Å². The Kier molecular flexibility index (Phi) is 5.20. The number of rotatable bonds is 7. The van der Waals surface area contributed by atoms with E-state index in [1.807, 2.05) is 42.6 Å². The summed E-state index contributed by atoms with van der Waals surface area (Å²) < 4.78 is 6.96. The second-order valence-electron chi connectivity index (χ2n) is 7.41. The second kappa shape index (κ2) is 7.96. The molecule has 0 fully saturated rings. The van der Waals surface area contributed by atoms with Crippen molar-refractivity contribution in [3.63, 3.8) is 0 Å². The zero-order valence-corrected chi connectivity index (χ0v) is 17.0. The molecular formula is C21H23N7O2. The molecule has 0 spiro atoms. The third-order valence-corrected chi connectivity index (χ3v) is 4.28. The summed E-state index contributed by atoms with van der Waals surface area (Å²) in [7, 11) is 1.57. The van der Waals surface area contributed by atoms with E-state index in [1.165, 1.54) is 0 Å². The Bertz CT molecular complexity index is 1170. The molecule has 0 unspecified atom stereocenters. The Labute approximate surface area is 173 Å². The Morgan fingerprint density at radius 2 is 2.00 bits per heavy atom. The van der Waals surface area contributed by atoms with E-state index >= 15 is 0 Å². The van der Waals surface area contributed by atoms with Gasteiger partial charge in [-0.2, -0.15) is 0 Å². The zero-order valence-electron chi connectivity index (χ0n) is 17.0. The van der Waals surface area contributed by atoms with Gasteiger partial charge in [-0.05, 0) is 38.1 Å². The number of aliphatic hydroxyl groups is 1. The third-order valence-electron chi connectivity index (χ3n) is 4.28. The number of hydrogen-bond acceptors (Lipinski definition) is 8. The lowest BCUT2D eigenvalue weighted by atomic mass is 10.1. The quantitative estimate of drug-likeness (QED) is 0.430. The van der Waals surface area contributed by atoms with Crippen molar-refractivity contribution in [2.45, 2.75) is 19.4 Å². The van der Waals surface area contributed by atoms with Crippen LogP contribution in [0.4, 0.5) is 17.3 Å². The molecule has 9 nitrogen and oxygen atoms in total. The van der Waals surface area contributed by atoms with Crippen molar-refractivity contribution in [3.8, 4) is 17.4 Å². The molecule has 3 N–H and O–H groups in total. The maximum Gasteiger partial charge on any atom is 0.213 e. The second-order valence-corrected chi connectivity index (χ2v) is 7.41. The van der Waals surface area contributed by atoms with Gasteiger partial charge < -0.3 is 20.5 Å². The van der Waals surface area contributed by atoms with Crippen LogP contribution in [0.3, 0.4) is 0 Å².